The van der Waals surface area contributed by atoms with Crippen LogP contribution in [0.25, 0.3) is 0 Å². The minimum atomic E-state index is 0.720. The first-order valence-electron chi connectivity index (χ1n) is 6.25. The lowest BCUT2D eigenvalue weighted by atomic mass is 10.2. The van der Waals surface area contributed by atoms with Gasteiger partial charge in [0.25, 0.3) is 0 Å². The fraction of sp³-hybridized carbons (Fsp3) is 0.462. The summed E-state index contributed by atoms with van der Waals surface area (Å²) >= 11 is 1.47. The second-order valence-electron chi connectivity index (χ2n) is 4.55. The largest absolute Gasteiger partial charge is 0.395 e. The van der Waals surface area contributed by atoms with Gasteiger partial charge in [0.15, 0.2) is 5.16 Å². The smallest absolute Gasteiger partial charge is 0.194 e. The van der Waals surface area contributed by atoms with Crippen LogP contribution >= 0.6 is 11.8 Å². The average Bonchev–Trinajstić information content (AvgIpc) is 2.63. The van der Waals surface area contributed by atoms with Crippen molar-refractivity contribution in [1.82, 2.24) is 19.7 Å². The van der Waals surface area contributed by atoms with Gasteiger partial charge in [0.05, 0.1) is 11.4 Å². The minimum absolute atomic E-state index is 0.720. The van der Waals surface area contributed by atoms with Crippen LogP contribution in [0, 0.1) is 20.8 Å². The number of anilines is 1. The first kappa shape index (κ1) is 13.9. The van der Waals surface area contributed by atoms with Gasteiger partial charge in [0.2, 0.25) is 0 Å². The van der Waals surface area contributed by atoms with Crippen molar-refractivity contribution in [1.29, 1.82) is 0 Å². The van der Waals surface area contributed by atoms with Crippen molar-refractivity contribution in [3.8, 4) is 0 Å². The summed E-state index contributed by atoms with van der Waals surface area (Å²) in [6.45, 7) is 8.08. The van der Waals surface area contributed by atoms with Crippen molar-refractivity contribution in [2.45, 2.75) is 44.3 Å². The number of nitrogen functional groups attached to an aromatic ring is 1. The van der Waals surface area contributed by atoms with E-state index in [1.54, 1.807) is 4.68 Å². The molecule has 0 atom stereocenters. The highest BCUT2D eigenvalue weighted by molar-refractivity contribution is 7.99. The molecule has 102 valence electrons. The third-order valence-corrected chi connectivity index (χ3v) is 4.28. The van der Waals surface area contributed by atoms with Crippen LogP contribution in [0.2, 0.25) is 0 Å². The molecule has 2 aromatic rings. The van der Waals surface area contributed by atoms with E-state index in [1.165, 1.54) is 11.8 Å². The van der Waals surface area contributed by atoms with Crippen molar-refractivity contribution in [2.75, 3.05) is 5.73 Å². The molecule has 2 N–H and O–H groups in total. The Bertz CT molecular complexity index is 595. The van der Waals surface area contributed by atoms with Gasteiger partial charge in [-0.25, -0.2) is 9.97 Å². The first-order valence-corrected chi connectivity index (χ1v) is 7.06. The van der Waals surface area contributed by atoms with E-state index in [4.69, 9.17) is 5.73 Å². The summed E-state index contributed by atoms with van der Waals surface area (Å²) in [5.74, 6) is 0. The second kappa shape index (κ2) is 5.21. The number of aryl methyl sites for hydroxylation is 4. The van der Waals surface area contributed by atoms with Crippen molar-refractivity contribution in [2.24, 2.45) is 7.05 Å². The molecule has 0 bridgehead atoms. The van der Waals surface area contributed by atoms with Gasteiger partial charge in [-0.15, -0.1) is 0 Å². The standard InChI is InChI=1S/C13H19N5S/c1-6-10-11(14)12(18(5)17-10)19-13-15-8(3)7(2)9(4)16-13/h6,14H2,1-5H3. The Hall–Kier alpha value is -1.56. The minimum Gasteiger partial charge on any atom is -0.395 e. The van der Waals surface area contributed by atoms with E-state index in [2.05, 4.69) is 15.1 Å². The van der Waals surface area contributed by atoms with E-state index in [9.17, 15) is 0 Å². The Morgan fingerprint density at radius 1 is 1.16 bits per heavy atom. The summed E-state index contributed by atoms with van der Waals surface area (Å²) in [6.07, 6.45) is 0.826. The van der Waals surface area contributed by atoms with Crippen molar-refractivity contribution in [3.63, 3.8) is 0 Å². The molecule has 0 unspecified atom stereocenters. The predicted molar refractivity (Wildman–Crippen MR) is 77.4 cm³/mol. The summed E-state index contributed by atoms with van der Waals surface area (Å²) < 4.78 is 1.80. The number of nitrogens with zero attached hydrogens (tertiary/aromatic N) is 4. The predicted octanol–water partition coefficient (Wildman–Crippen LogP) is 2.43. The lowest BCUT2D eigenvalue weighted by molar-refractivity contribution is 0.686. The molecular weight excluding hydrogens is 258 g/mol. The van der Waals surface area contributed by atoms with Gasteiger partial charge in [-0.1, -0.05) is 6.92 Å². The van der Waals surface area contributed by atoms with Crippen LogP contribution in [0.4, 0.5) is 5.69 Å². The lowest BCUT2D eigenvalue weighted by Crippen LogP contribution is -2.00. The van der Waals surface area contributed by atoms with E-state index in [1.807, 2.05) is 34.7 Å². The zero-order chi connectivity index (χ0) is 14.2. The Morgan fingerprint density at radius 2 is 1.74 bits per heavy atom. The normalized spacial score (nSPS) is 11.0. The van der Waals surface area contributed by atoms with Gasteiger partial charge >= 0.3 is 0 Å². The molecule has 0 radical (unpaired) electrons. The van der Waals surface area contributed by atoms with E-state index in [-0.39, 0.29) is 0 Å². The summed E-state index contributed by atoms with van der Waals surface area (Å²) in [6, 6.07) is 0. The van der Waals surface area contributed by atoms with Crippen LogP contribution in [-0.2, 0) is 13.5 Å². The molecular formula is C13H19N5S. The SMILES string of the molecule is CCc1nn(C)c(Sc2nc(C)c(C)c(C)n2)c1N. The van der Waals surface area contributed by atoms with E-state index in [0.29, 0.717) is 0 Å². The van der Waals surface area contributed by atoms with Crippen LogP contribution in [-0.4, -0.2) is 19.7 Å². The first-order chi connectivity index (χ1) is 8.93. The van der Waals surface area contributed by atoms with Crippen LogP contribution in [0.1, 0.15) is 29.6 Å². The van der Waals surface area contributed by atoms with E-state index < -0.39 is 0 Å². The summed E-state index contributed by atoms with van der Waals surface area (Å²) in [5, 5.41) is 6.03. The summed E-state index contributed by atoms with van der Waals surface area (Å²) in [7, 11) is 1.89. The quantitative estimate of drug-likeness (QED) is 0.873. The highest BCUT2D eigenvalue weighted by atomic mass is 32.2. The summed E-state index contributed by atoms with van der Waals surface area (Å²) in [5.41, 5.74) is 10.9. The monoisotopic (exact) mass is 277 g/mol. The number of nitrogens with two attached hydrogens (primary N) is 1. The third-order valence-electron chi connectivity index (χ3n) is 3.24. The highest BCUT2D eigenvalue weighted by Gasteiger charge is 2.15. The Morgan fingerprint density at radius 3 is 2.21 bits per heavy atom. The molecule has 19 heavy (non-hydrogen) atoms. The molecule has 0 aliphatic heterocycles. The molecule has 5 nitrogen and oxygen atoms in total. The maximum Gasteiger partial charge on any atom is 0.194 e. The zero-order valence-corrected chi connectivity index (χ0v) is 12.8. The molecule has 2 aromatic heterocycles. The van der Waals surface area contributed by atoms with E-state index >= 15 is 0 Å². The molecule has 0 aromatic carbocycles. The summed E-state index contributed by atoms with van der Waals surface area (Å²) in [4.78, 5) is 9.00. The van der Waals surface area contributed by atoms with Gasteiger partial charge in [0, 0.05) is 18.4 Å². The third kappa shape index (κ3) is 2.58. The Balaban J connectivity index is 2.39. The van der Waals surface area contributed by atoms with E-state index in [0.717, 1.165) is 44.9 Å². The number of hydrogen-bond donors (Lipinski definition) is 1. The van der Waals surface area contributed by atoms with Crippen molar-refractivity contribution < 1.29 is 0 Å². The van der Waals surface area contributed by atoms with Gasteiger partial charge in [-0.05, 0) is 44.5 Å². The Kier molecular flexibility index (Phi) is 3.80. The number of hydrogen-bond acceptors (Lipinski definition) is 5. The second-order valence-corrected chi connectivity index (χ2v) is 5.50. The van der Waals surface area contributed by atoms with Gasteiger partial charge in [-0.3, -0.25) is 4.68 Å². The molecule has 0 saturated carbocycles. The maximum absolute atomic E-state index is 6.11. The number of rotatable bonds is 3. The lowest BCUT2D eigenvalue weighted by Gasteiger charge is -2.07. The molecule has 0 fully saturated rings. The zero-order valence-electron chi connectivity index (χ0n) is 12.0. The highest BCUT2D eigenvalue weighted by Crippen LogP contribution is 2.32. The van der Waals surface area contributed by atoms with Gasteiger partial charge in [-0.2, -0.15) is 5.10 Å². The molecule has 0 amide bonds. The molecule has 0 saturated heterocycles. The molecule has 0 aliphatic rings. The van der Waals surface area contributed by atoms with Crippen LogP contribution in [0.15, 0.2) is 10.2 Å². The molecule has 2 rings (SSSR count). The fourth-order valence-corrected chi connectivity index (χ4v) is 2.77. The van der Waals surface area contributed by atoms with Crippen LogP contribution in [0.5, 0.6) is 0 Å². The average molecular weight is 277 g/mol. The molecule has 0 spiro atoms. The number of aromatic nitrogens is 4. The van der Waals surface area contributed by atoms with Crippen LogP contribution < -0.4 is 5.73 Å². The topological polar surface area (TPSA) is 69.6 Å². The van der Waals surface area contributed by atoms with Gasteiger partial charge < -0.3 is 5.73 Å². The van der Waals surface area contributed by atoms with Crippen molar-refractivity contribution >= 4 is 17.4 Å². The van der Waals surface area contributed by atoms with Crippen LogP contribution in [0.3, 0.4) is 0 Å². The fourth-order valence-electron chi connectivity index (χ4n) is 1.83. The Labute approximate surface area is 117 Å². The molecule has 6 heteroatoms. The van der Waals surface area contributed by atoms with Gasteiger partial charge in [0.1, 0.15) is 5.03 Å². The maximum atomic E-state index is 6.11. The molecule has 2 heterocycles. The van der Waals surface area contributed by atoms with Crippen molar-refractivity contribution in [3.05, 3.63) is 22.6 Å². The molecule has 0 aliphatic carbocycles.